The van der Waals surface area contributed by atoms with Gasteiger partial charge in [-0.3, -0.25) is 0 Å². The first-order valence-electron chi connectivity index (χ1n) is 3.80. The van der Waals surface area contributed by atoms with Gasteiger partial charge in [0.1, 0.15) is 6.61 Å². The van der Waals surface area contributed by atoms with Crippen LogP contribution in [-0.4, -0.2) is 6.61 Å². The highest BCUT2D eigenvalue weighted by Gasteiger charge is 1.88. The maximum Gasteiger partial charge on any atom is 0.108 e. The molecular formula is C11H11O. The van der Waals surface area contributed by atoms with Crippen molar-refractivity contribution in [3.63, 3.8) is 0 Å². The van der Waals surface area contributed by atoms with Gasteiger partial charge in [-0.25, -0.2) is 0 Å². The number of benzene rings is 1. The number of ether oxygens (including phenoxy) is 1. The van der Waals surface area contributed by atoms with Gasteiger partial charge in [0.05, 0.1) is 6.61 Å². The van der Waals surface area contributed by atoms with Gasteiger partial charge >= 0.3 is 0 Å². The lowest BCUT2D eigenvalue weighted by atomic mass is 10.2. The van der Waals surface area contributed by atoms with Crippen LogP contribution < -0.4 is 0 Å². The van der Waals surface area contributed by atoms with Gasteiger partial charge in [0, 0.05) is 6.92 Å². The molecule has 0 aliphatic rings. The summed E-state index contributed by atoms with van der Waals surface area (Å²) in [4.78, 5) is 0. The maximum absolute atomic E-state index is 5.25. The van der Waals surface area contributed by atoms with Crippen LogP contribution in [0.15, 0.2) is 30.3 Å². The molecule has 0 saturated carbocycles. The van der Waals surface area contributed by atoms with E-state index in [1.807, 2.05) is 30.3 Å². The van der Waals surface area contributed by atoms with E-state index in [2.05, 4.69) is 18.8 Å². The molecule has 12 heavy (non-hydrogen) atoms. The molecular weight excluding hydrogens is 148 g/mol. The molecule has 1 aromatic rings. The van der Waals surface area contributed by atoms with E-state index >= 15 is 0 Å². The maximum atomic E-state index is 5.25. The first kappa shape index (κ1) is 8.83. The summed E-state index contributed by atoms with van der Waals surface area (Å²) in [6, 6.07) is 10.0. The molecule has 0 spiro atoms. The van der Waals surface area contributed by atoms with Gasteiger partial charge in [-0.05, 0) is 5.56 Å². The van der Waals surface area contributed by atoms with Crippen LogP contribution in [0.1, 0.15) is 5.56 Å². The molecule has 0 aliphatic heterocycles. The highest BCUT2D eigenvalue weighted by atomic mass is 16.5. The molecule has 1 rings (SSSR count). The lowest BCUT2D eigenvalue weighted by molar-refractivity contribution is 0.153. The van der Waals surface area contributed by atoms with Gasteiger partial charge in [-0.1, -0.05) is 42.2 Å². The van der Waals surface area contributed by atoms with Crippen LogP contribution in [0.3, 0.4) is 0 Å². The minimum absolute atomic E-state index is 0.457. The third-order valence-corrected chi connectivity index (χ3v) is 1.41. The molecule has 0 atom stereocenters. The molecule has 1 heteroatoms. The van der Waals surface area contributed by atoms with Crippen LogP contribution in [-0.2, 0) is 11.3 Å². The Morgan fingerprint density at radius 3 is 2.67 bits per heavy atom. The van der Waals surface area contributed by atoms with Crippen molar-refractivity contribution in [2.75, 3.05) is 6.61 Å². The second kappa shape index (κ2) is 5.40. The standard InChI is InChI=1S/C11H11O/c1-2-3-9-12-10-11-7-5-4-6-8-11/h4-8H,1,9-10H2. The quantitative estimate of drug-likeness (QED) is 0.484. The minimum atomic E-state index is 0.457. The zero-order valence-electron chi connectivity index (χ0n) is 6.92. The lowest BCUT2D eigenvalue weighted by Gasteiger charge is -1.98. The summed E-state index contributed by atoms with van der Waals surface area (Å²) >= 11 is 0. The third kappa shape index (κ3) is 3.23. The largest absolute Gasteiger partial charge is 0.364 e. The topological polar surface area (TPSA) is 9.23 Å². The second-order valence-corrected chi connectivity index (χ2v) is 2.33. The average Bonchev–Trinajstić information content (AvgIpc) is 2.14. The van der Waals surface area contributed by atoms with Crippen molar-refractivity contribution in [3.8, 4) is 11.8 Å². The number of hydrogen-bond donors (Lipinski definition) is 0. The molecule has 0 N–H and O–H groups in total. The van der Waals surface area contributed by atoms with Crippen molar-refractivity contribution in [1.82, 2.24) is 0 Å². The molecule has 0 aromatic heterocycles. The Balaban J connectivity index is 2.27. The van der Waals surface area contributed by atoms with Gasteiger partial charge < -0.3 is 4.74 Å². The minimum Gasteiger partial charge on any atom is -0.364 e. The smallest absolute Gasteiger partial charge is 0.108 e. The van der Waals surface area contributed by atoms with Crippen LogP contribution >= 0.6 is 0 Å². The van der Waals surface area contributed by atoms with Crippen molar-refractivity contribution < 1.29 is 4.74 Å². The first-order valence-corrected chi connectivity index (χ1v) is 3.80. The molecule has 61 valence electrons. The van der Waals surface area contributed by atoms with Crippen LogP contribution in [0.25, 0.3) is 0 Å². The van der Waals surface area contributed by atoms with E-state index in [0.717, 1.165) is 0 Å². The molecule has 0 amide bonds. The SMILES string of the molecule is [CH2]C#CCOCc1ccccc1. The fourth-order valence-electron chi connectivity index (χ4n) is 0.845. The fourth-order valence-corrected chi connectivity index (χ4v) is 0.845. The molecule has 1 aromatic carbocycles. The Morgan fingerprint density at radius 2 is 2.00 bits per heavy atom. The van der Waals surface area contributed by atoms with Crippen LogP contribution in [0.4, 0.5) is 0 Å². The average molecular weight is 159 g/mol. The van der Waals surface area contributed by atoms with E-state index in [1.165, 1.54) is 5.56 Å². The monoisotopic (exact) mass is 159 g/mol. The fraction of sp³-hybridized carbons (Fsp3) is 0.182. The predicted octanol–water partition coefficient (Wildman–Crippen LogP) is 2.04. The molecule has 0 fully saturated rings. The predicted molar refractivity (Wildman–Crippen MR) is 49.2 cm³/mol. The van der Waals surface area contributed by atoms with E-state index in [9.17, 15) is 0 Å². The van der Waals surface area contributed by atoms with E-state index in [4.69, 9.17) is 4.74 Å². The van der Waals surface area contributed by atoms with Crippen molar-refractivity contribution in [2.24, 2.45) is 0 Å². The molecule has 0 bridgehead atoms. The summed E-state index contributed by atoms with van der Waals surface area (Å²) in [7, 11) is 0. The Labute approximate surface area is 73.4 Å². The summed E-state index contributed by atoms with van der Waals surface area (Å²) in [6.45, 7) is 4.47. The van der Waals surface area contributed by atoms with Gasteiger partial charge in [-0.2, -0.15) is 0 Å². The number of hydrogen-bond acceptors (Lipinski definition) is 1. The summed E-state index contributed by atoms with van der Waals surface area (Å²) in [5.41, 5.74) is 1.17. The normalized spacial score (nSPS) is 8.75. The Kier molecular flexibility index (Phi) is 3.97. The van der Waals surface area contributed by atoms with Crippen molar-refractivity contribution in [1.29, 1.82) is 0 Å². The van der Waals surface area contributed by atoms with Gasteiger partial charge in [0.25, 0.3) is 0 Å². The van der Waals surface area contributed by atoms with E-state index in [0.29, 0.717) is 13.2 Å². The van der Waals surface area contributed by atoms with Crippen molar-refractivity contribution in [2.45, 2.75) is 6.61 Å². The summed E-state index contributed by atoms with van der Waals surface area (Å²) in [5, 5.41) is 0. The zero-order valence-corrected chi connectivity index (χ0v) is 6.92. The Hall–Kier alpha value is -1.26. The lowest BCUT2D eigenvalue weighted by Crippen LogP contribution is -1.92. The molecule has 1 nitrogen and oxygen atoms in total. The molecule has 0 saturated heterocycles. The first-order chi connectivity index (χ1) is 5.93. The zero-order chi connectivity index (χ0) is 8.65. The molecule has 1 radical (unpaired) electrons. The summed E-state index contributed by atoms with van der Waals surface area (Å²) in [6.07, 6.45) is 0. The summed E-state index contributed by atoms with van der Waals surface area (Å²) < 4.78 is 5.25. The van der Waals surface area contributed by atoms with Crippen molar-refractivity contribution >= 4 is 0 Å². The van der Waals surface area contributed by atoms with Crippen molar-refractivity contribution in [3.05, 3.63) is 42.8 Å². The van der Waals surface area contributed by atoms with Gasteiger partial charge in [0.2, 0.25) is 0 Å². The second-order valence-electron chi connectivity index (χ2n) is 2.33. The molecule has 0 heterocycles. The van der Waals surface area contributed by atoms with Crippen LogP contribution in [0.5, 0.6) is 0 Å². The molecule has 0 aliphatic carbocycles. The van der Waals surface area contributed by atoms with E-state index in [1.54, 1.807) is 0 Å². The third-order valence-electron chi connectivity index (χ3n) is 1.41. The Morgan fingerprint density at radius 1 is 1.25 bits per heavy atom. The molecule has 0 unspecified atom stereocenters. The Bertz CT molecular complexity index is 266. The summed E-state index contributed by atoms with van der Waals surface area (Å²) in [5.74, 6) is 5.26. The highest BCUT2D eigenvalue weighted by molar-refractivity contribution is 5.13. The van der Waals surface area contributed by atoms with Gasteiger partial charge in [-0.15, -0.1) is 0 Å². The number of rotatable bonds is 3. The van der Waals surface area contributed by atoms with E-state index in [-0.39, 0.29) is 0 Å². The van der Waals surface area contributed by atoms with Gasteiger partial charge in [0.15, 0.2) is 0 Å². The van der Waals surface area contributed by atoms with Crippen LogP contribution in [0, 0.1) is 18.8 Å². The highest BCUT2D eigenvalue weighted by Crippen LogP contribution is 1.99. The van der Waals surface area contributed by atoms with Crippen LogP contribution in [0.2, 0.25) is 0 Å². The van der Waals surface area contributed by atoms with E-state index < -0.39 is 0 Å².